The third-order valence-corrected chi connectivity index (χ3v) is 8.58. The lowest BCUT2D eigenvalue weighted by Crippen LogP contribution is -1.97. The van der Waals surface area contributed by atoms with E-state index in [4.69, 9.17) is 4.98 Å². The van der Waals surface area contributed by atoms with Crippen molar-refractivity contribution in [2.45, 2.75) is 13.3 Å². The Hall–Kier alpha value is -4.75. The third-order valence-electron chi connectivity index (χ3n) is 8.58. The van der Waals surface area contributed by atoms with Crippen molar-refractivity contribution in [3.63, 3.8) is 0 Å². The van der Waals surface area contributed by atoms with Gasteiger partial charge in [-0.1, -0.05) is 97.1 Å². The van der Waals surface area contributed by atoms with Gasteiger partial charge in [-0.15, -0.1) is 0 Å². The average molecular weight is 482 g/mol. The van der Waals surface area contributed by atoms with Crippen LogP contribution < -0.4 is 0 Å². The van der Waals surface area contributed by atoms with Crippen LogP contribution in [0.15, 0.2) is 109 Å². The van der Waals surface area contributed by atoms with Gasteiger partial charge in [-0.2, -0.15) is 0 Å². The molecule has 0 spiro atoms. The zero-order valence-electron chi connectivity index (χ0n) is 21.0. The molecule has 0 aliphatic heterocycles. The van der Waals surface area contributed by atoms with Gasteiger partial charge in [0.1, 0.15) is 0 Å². The first-order valence-electron chi connectivity index (χ1n) is 13.3. The van der Waals surface area contributed by atoms with Crippen molar-refractivity contribution < 1.29 is 0 Å². The molecule has 0 aliphatic carbocycles. The van der Waals surface area contributed by atoms with Crippen LogP contribution in [-0.4, -0.2) is 4.98 Å². The minimum atomic E-state index is 0.818. The molecule has 0 fully saturated rings. The SMILES string of the molecule is Cc1nc(Cc2cc3ccc4cccc5ccc(c2)c3c45)cc2cc3ccc4cccc5ccc(c12)c3c45. The van der Waals surface area contributed by atoms with Gasteiger partial charge in [-0.25, -0.2) is 0 Å². The quantitative estimate of drug-likeness (QED) is 0.177. The summed E-state index contributed by atoms with van der Waals surface area (Å²) in [7, 11) is 0. The highest BCUT2D eigenvalue weighted by molar-refractivity contribution is 6.29. The van der Waals surface area contributed by atoms with Crippen molar-refractivity contribution >= 4 is 75.4 Å². The molecule has 9 aromatic rings. The summed E-state index contributed by atoms with van der Waals surface area (Å²) in [6, 6.07) is 40.7. The van der Waals surface area contributed by atoms with Crippen molar-refractivity contribution in [1.82, 2.24) is 4.98 Å². The maximum atomic E-state index is 5.16. The number of pyridine rings is 1. The van der Waals surface area contributed by atoms with Crippen LogP contribution in [0.2, 0.25) is 0 Å². The smallest absolute Gasteiger partial charge is 0.0460 e. The molecule has 0 atom stereocenters. The van der Waals surface area contributed by atoms with Gasteiger partial charge in [0.25, 0.3) is 0 Å². The van der Waals surface area contributed by atoms with Crippen molar-refractivity contribution in [3.05, 3.63) is 126 Å². The molecule has 0 aliphatic rings. The molecule has 38 heavy (non-hydrogen) atoms. The van der Waals surface area contributed by atoms with E-state index in [1.165, 1.54) is 81.0 Å². The fraction of sp³-hybridized carbons (Fsp3) is 0.0541. The van der Waals surface area contributed by atoms with Crippen LogP contribution in [0.1, 0.15) is 17.0 Å². The van der Waals surface area contributed by atoms with Gasteiger partial charge in [0.05, 0.1) is 0 Å². The maximum Gasteiger partial charge on any atom is 0.0460 e. The predicted molar refractivity (Wildman–Crippen MR) is 163 cm³/mol. The third kappa shape index (κ3) is 2.68. The molecule has 1 heterocycles. The Bertz CT molecular complexity index is 2300. The van der Waals surface area contributed by atoms with Crippen LogP contribution in [0.3, 0.4) is 0 Å². The summed E-state index contributed by atoms with van der Waals surface area (Å²) >= 11 is 0. The van der Waals surface area contributed by atoms with Gasteiger partial charge in [-0.3, -0.25) is 4.98 Å². The molecular formula is C37H23N. The summed E-state index contributed by atoms with van der Waals surface area (Å²) < 4.78 is 0. The lowest BCUT2D eigenvalue weighted by atomic mass is 9.90. The molecular weight excluding hydrogens is 458 g/mol. The Labute approximate surface area is 219 Å². The summed E-state index contributed by atoms with van der Waals surface area (Å²) in [5, 5.41) is 18.5. The summed E-state index contributed by atoms with van der Waals surface area (Å²) in [5.41, 5.74) is 3.53. The number of fused-ring (bicyclic) bond motifs is 2. The van der Waals surface area contributed by atoms with E-state index in [2.05, 4.69) is 116 Å². The number of hydrogen-bond acceptors (Lipinski definition) is 1. The highest BCUT2D eigenvalue weighted by Crippen LogP contribution is 2.40. The van der Waals surface area contributed by atoms with E-state index >= 15 is 0 Å². The molecule has 0 bridgehead atoms. The molecule has 176 valence electrons. The Morgan fingerprint density at radius 1 is 0.447 bits per heavy atom. The molecule has 1 aromatic heterocycles. The zero-order valence-corrected chi connectivity index (χ0v) is 21.0. The first-order valence-corrected chi connectivity index (χ1v) is 13.3. The molecule has 8 aromatic carbocycles. The van der Waals surface area contributed by atoms with Gasteiger partial charge in [-0.05, 0) is 94.6 Å². The maximum absolute atomic E-state index is 5.16. The monoisotopic (exact) mass is 481 g/mol. The van der Waals surface area contributed by atoms with Crippen molar-refractivity contribution in [3.8, 4) is 0 Å². The van der Waals surface area contributed by atoms with Crippen LogP contribution >= 0.6 is 0 Å². The van der Waals surface area contributed by atoms with E-state index in [9.17, 15) is 0 Å². The number of aromatic nitrogens is 1. The number of hydrogen-bond donors (Lipinski definition) is 0. The van der Waals surface area contributed by atoms with E-state index in [-0.39, 0.29) is 0 Å². The Kier molecular flexibility index (Phi) is 3.84. The molecule has 0 saturated carbocycles. The molecule has 0 saturated heterocycles. The summed E-state index contributed by atoms with van der Waals surface area (Å²) in [5.74, 6) is 0. The Balaban J connectivity index is 1.24. The van der Waals surface area contributed by atoms with Gasteiger partial charge in [0.15, 0.2) is 0 Å². The predicted octanol–water partition coefficient (Wildman–Crippen LogP) is 9.93. The summed E-state index contributed by atoms with van der Waals surface area (Å²) in [6.07, 6.45) is 0.818. The highest BCUT2D eigenvalue weighted by atomic mass is 14.7. The second-order valence-corrected chi connectivity index (χ2v) is 10.8. The average Bonchev–Trinajstić information content (AvgIpc) is 2.94. The lowest BCUT2D eigenvalue weighted by molar-refractivity contribution is 1.06. The van der Waals surface area contributed by atoms with Gasteiger partial charge in [0, 0.05) is 23.2 Å². The standard InChI is InChI=1S/C37H23N/c1-21-33-30(19-29-13-10-25-6-3-7-26-14-15-32(33)37(29)35(25)26)20-31(38-21)18-22-16-27-11-8-23-4-2-5-24-9-12-28(17-22)36(27)34(23)24/h2-17,19-20H,18H2,1H3. The van der Waals surface area contributed by atoms with Crippen molar-refractivity contribution in [1.29, 1.82) is 0 Å². The second kappa shape index (κ2) is 7.18. The van der Waals surface area contributed by atoms with Crippen molar-refractivity contribution in [2.75, 3.05) is 0 Å². The van der Waals surface area contributed by atoms with Crippen molar-refractivity contribution in [2.24, 2.45) is 0 Å². The second-order valence-electron chi connectivity index (χ2n) is 10.8. The highest BCUT2D eigenvalue weighted by Gasteiger charge is 2.15. The number of aryl methyl sites for hydroxylation is 1. The van der Waals surface area contributed by atoms with E-state index < -0.39 is 0 Å². The van der Waals surface area contributed by atoms with Gasteiger partial charge in [0.2, 0.25) is 0 Å². The van der Waals surface area contributed by atoms with Gasteiger partial charge >= 0.3 is 0 Å². The van der Waals surface area contributed by atoms with Crippen LogP contribution in [0.5, 0.6) is 0 Å². The first kappa shape index (κ1) is 20.3. The fourth-order valence-corrected chi connectivity index (χ4v) is 7.05. The lowest BCUT2D eigenvalue weighted by Gasteiger charge is -2.15. The fourth-order valence-electron chi connectivity index (χ4n) is 7.05. The van der Waals surface area contributed by atoms with E-state index in [0.717, 1.165) is 17.8 Å². The first-order chi connectivity index (χ1) is 18.7. The molecule has 1 heteroatoms. The Morgan fingerprint density at radius 3 is 1.58 bits per heavy atom. The zero-order chi connectivity index (χ0) is 25.0. The van der Waals surface area contributed by atoms with Crippen LogP contribution in [0.4, 0.5) is 0 Å². The topological polar surface area (TPSA) is 12.9 Å². The minimum absolute atomic E-state index is 0.818. The van der Waals surface area contributed by atoms with E-state index in [0.29, 0.717) is 0 Å². The molecule has 0 unspecified atom stereocenters. The normalized spacial score (nSPS) is 12.4. The van der Waals surface area contributed by atoms with Crippen LogP contribution in [-0.2, 0) is 6.42 Å². The number of benzene rings is 8. The molecule has 1 nitrogen and oxygen atoms in total. The molecule has 0 N–H and O–H groups in total. The Morgan fingerprint density at radius 2 is 0.947 bits per heavy atom. The van der Waals surface area contributed by atoms with Crippen LogP contribution in [0, 0.1) is 6.92 Å². The number of nitrogens with zero attached hydrogens (tertiary/aromatic N) is 1. The van der Waals surface area contributed by atoms with E-state index in [1.807, 2.05) is 0 Å². The summed E-state index contributed by atoms with van der Waals surface area (Å²) in [6.45, 7) is 2.17. The molecule has 0 amide bonds. The molecule has 9 rings (SSSR count). The minimum Gasteiger partial charge on any atom is -0.257 e. The van der Waals surface area contributed by atoms with Gasteiger partial charge < -0.3 is 0 Å². The summed E-state index contributed by atoms with van der Waals surface area (Å²) in [4.78, 5) is 5.16. The van der Waals surface area contributed by atoms with E-state index in [1.54, 1.807) is 0 Å². The largest absolute Gasteiger partial charge is 0.257 e. The number of rotatable bonds is 2. The molecule has 0 radical (unpaired) electrons. The van der Waals surface area contributed by atoms with Crippen LogP contribution in [0.25, 0.3) is 75.4 Å².